The summed E-state index contributed by atoms with van der Waals surface area (Å²) in [4.78, 5) is 14.1. The van der Waals surface area contributed by atoms with E-state index in [1.807, 2.05) is 30.3 Å². The van der Waals surface area contributed by atoms with Gasteiger partial charge in [-0.05, 0) is 29.8 Å². The van der Waals surface area contributed by atoms with Gasteiger partial charge in [0.05, 0.1) is 12.8 Å². The van der Waals surface area contributed by atoms with Crippen molar-refractivity contribution in [2.75, 3.05) is 11.9 Å². The van der Waals surface area contributed by atoms with Crippen molar-refractivity contribution in [1.29, 1.82) is 0 Å². The number of aliphatic hydroxyl groups excluding tert-OH is 1. The molecule has 0 fully saturated rings. The number of aliphatic hydroxyl groups is 1. The molecule has 2 heterocycles. The molecular formula is C18H18N4O3. The van der Waals surface area contributed by atoms with Crippen molar-refractivity contribution in [3.63, 3.8) is 0 Å². The molecule has 0 bridgehead atoms. The van der Waals surface area contributed by atoms with Crippen molar-refractivity contribution in [1.82, 2.24) is 15.1 Å². The highest BCUT2D eigenvalue weighted by Crippen LogP contribution is 2.17. The minimum Gasteiger partial charge on any atom is -0.467 e. The standard InChI is InChI=1S/C18H18N4O3/c23-15(16-8-5-11-25-16)13-22(12-14-6-2-1-3-7-14)18(24)20-17-9-4-10-19-21-17/h1-11,15,23H,12-13H2,(H,20,21,24). The molecule has 0 aliphatic carbocycles. The summed E-state index contributed by atoms with van der Waals surface area (Å²) < 4.78 is 5.21. The van der Waals surface area contributed by atoms with Gasteiger partial charge in [0.1, 0.15) is 11.9 Å². The number of furan rings is 1. The van der Waals surface area contributed by atoms with E-state index in [0.717, 1.165) is 5.56 Å². The Morgan fingerprint density at radius 3 is 2.68 bits per heavy atom. The van der Waals surface area contributed by atoms with Crippen LogP contribution in [0.5, 0.6) is 0 Å². The number of rotatable bonds is 6. The van der Waals surface area contributed by atoms with E-state index in [2.05, 4.69) is 15.5 Å². The summed E-state index contributed by atoms with van der Waals surface area (Å²) in [6.45, 7) is 0.416. The largest absolute Gasteiger partial charge is 0.467 e. The number of hydrogen-bond acceptors (Lipinski definition) is 5. The molecule has 1 atom stereocenters. The van der Waals surface area contributed by atoms with Gasteiger partial charge in [-0.2, -0.15) is 5.10 Å². The maximum atomic E-state index is 12.6. The van der Waals surface area contributed by atoms with Gasteiger partial charge in [-0.3, -0.25) is 5.32 Å². The van der Waals surface area contributed by atoms with Gasteiger partial charge >= 0.3 is 6.03 Å². The predicted octanol–water partition coefficient (Wildman–Crippen LogP) is 2.84. The van der Waals surface area contributed by atoms with Crippen LogP contribution in [-0.4, -0.2) is 32.8 Å². The molecule has 0 saturated carbocycles. The molecule has 1 unspecified atom stereocenters. The number of urea groups is 1. The Morgan fingerprint density at radius 1 is 1.16 bits per heavy atom. The summed E-state index contributed by atoms with van der Waals surface area (Å²) in [6, 6.07) is 15.9. The summed E-state index contributed by atoms with van der Waals surface area (Å²) in [5, 5.41) is 20.6. The lowest BCUT2D eigenvalue weighted by Gasteiger charge is -2.25. The molecule has 0 saturated heterocycles. The van der Waals surface area contributed by atoms with Crippen molar-refractivity contribution in [3.05, 3.63) is 78.4 Å². The van der Waals surface area contributed by atoms with Crippen LogP contribution in [-0.2, 0) is 6.54 Å². The van der Waals surface area contributed by atoms with E-state index in [9.17, 15) is 9.90 Å². The third-order valence-electron chi connectivity index (χ3n) is 3.58. The van der Waals surface area contributed by atoms with Crippen LogP contribution in [0.1, 0.15) is 17.4 Å². The number of carbonyl (C=O) groups excluding carboxylic acids is 1. The van der Waals surface area contributed by atoms with Gasteiger partial charge in [-0.15, -0.1) is 5.10 Å². The molecule has 2 N–H and O–H groups in total. The van der Waals surface area contributed by atoms with Gasteiger partial charge in [0.2, 0.25) is 0 Å². The third kappa shape index (κ3) is 4.65. The highest BCUT2D eigenvalue weighted by molar-refractivity contribution is 5.88. The highest BCUT2D eigenvalue weighted by atomic mass is 16.4. The second-order valence-corrected chi connectivity index (χ2v) is 5.44. The fraction of sp³-hybridized carbons (Fsp3) is 0.167. The summed E-state index contributed by atoms with van der Waals surface area (Å²) in [7, 11) is 0. The molecule has 0 aliphatic rings. The van der Waals surface area contributed by atoms with Crippen LogP contribution in [0.15, 0.2) is 71.5 Å². The van der Waals surface area contributed by atoms with Crippen LogP contribution >= 0.6 is 0 Å². The number of benzene rings is 1. The number of hydrogen-bond donors (Lipinski definition) is 2. The van der Waals surface area contributed by atoms with E-state index in [-0.39, 0.29) is 12.6 Å². The molecule has 3 aromatic rings. The first kappa shape index (κ1) is 16.7. The van der Waals surface area contributed by atoms with E-state index >= 15 is 0 Å². The van der Waals surface area contributed by atoms with E-state index in [4.69, 9.17) is 4.42 Å². The summed E-state index contributed by atoms with van der Waals surface area (Å²) in [5.74, 6) is 0.753. The van der Waals surface area contributed by atoms with Gasteiger partial charge in [-0.25, -0.2) is 4.79 Å². The second kappa shape index (κ2) is 8.07. The summed E-state index contributed by atoms with van der Waals surface area (Å²) in [6.07, 6.45) is 2.09. The summed E-state index contributed by atoms with van der Waals surface area (Å²) in [5.41, 5.74) is 0.948. The third-order valence-corrected chi connectivity index (χ3v) is 3.58. The van der Waals surface area contributed by atoms with Gasteiger partial charge in [0, 0.05) is 12.7 Å². The molecule has 25 heavy (non-hydrogen) atoms. The first-order chi connectivity index (χ1) is 12.2. The van der Waals surface area contributed by atoms with Crippen LogP contribution in [0, 0.1) is 0 Å². The molecule has 2 aromatic heterocycles. The van der Waals surface area contributed by atoms with Gasteiger partial charge in [0.15, 0.2) is 5.82 Å². The quantitative estimate of drug-likeness (QED) is 0.721. The average molecular weight is 338 g/mol. The van der Waals surface area contributed by atoms with Crippen molar-refractivity contribution in [2.45, 2.75) is 12.6 Å². The van der Waals surface area contributed by atoms with Crippen LogP contribution in [0.2, 0.25) is 0 Å². The lowest BCUT2D eigenvalue weighted by Crippen LogP contribution is -2.37. The van der Waals surface area contributed by atoms with Crippen LogP contribution in [0.4, 0.5) is 10.6 Å². The van der Waals surface area contributed by atoms with E-state index in [1.165, 1.54) is 17.4 Å². The number of aromatic nitrogens is 2. The van der Waals surface area contributed by atoms with Crippen LogP contribution in [0.3, 0.4) is 0 Å². The number of nitrogens with one attached hydrogen (secondary N) is 1. The van der Waals surface area contributed by atoms with Gasteiger partial charge in [0.25, 0.3) is 0 Å². The molecule has 128 valence electrons. The molecule has 0 spiro atoms. The zero-order valence-corrected chi connectivity index (χ0v) is 13.4. The Bertz CT molecular complexity index is 779. The zero-order valence-electron chi connectivity index (χ0n) is 13.4. The van der Waals surface area contributed by atoms with E-state index < -0.39 is 6.10 Å². The lowest BCUT2D eigenvalue weighted by atomic mass is 10.2. The highest BCUT2D eigenvalue weighted by Gasteiger charge is 2.21. The molecule has 3 rings (SSSR count). The SMILES string of the molecule is O=C(Nc1cccnn1)N(Cc1ccccc1)CC(O)c1ccco1. The van der Waals surface area contributed by atoms with Crippen LogP contribution < -0.4 is 5.32 Å². The Balaban J connectivity index is 1.74. The fourth-order valence-corrected chi connectivity index (χ4v) is 2.36. The van der Waals surface area contributed by atoms with Crippen molar-refractivity contribution in [2.24, 2.45) is 0 Å². The fourth-order valence-electron chi connectivity index (χ4n) is 2.36. The normalized spacial score (nSPS) is 11.7. The minimum atomic E-state index is -0.925. The Morgan fingerprint density at radius 2 is 2.00 bits per heavy atom. The number of amides is 2. The zero-order chi connectivity index (χ0) is 17.5. The maximum Gasteiger partial charge on any atom is 0.323 e. The van der Waals surface area contributed by atoms with Crippen LogP contribution in [0.25, 0.3) is 0 Å². The Labute approximate surface area is 144 Å². The topological polar surface area (TPSA) is 91.5 Å². The molecule has 7 nitrogen and oxygen atoms in total. The maximum absolute atomic E-state index is 12.6. The smallest absolute Gasteiger partial charge is 0.323 e. The van der Waals surface area contributed by atoms with Crippen molar-refractivity contribution in [3.8, 4) is 0 Å². The van der Waals surface area contributed by atoms with E-state index in [1.54, 1.807) is 24.3 Å². The van der Waals surface area contributed by atoms with Gasteiger partial charge in [-0.1, -0.05) is 30.3 Å². The molecule has 1 aromatic carbocycles. The minimum absolute atomic E-state index is 0.0779. The van der Waals surface area contributed by atoms with E-state index in [0.29, 0.717) is 18.1 Å². The number of anilines is 1. The second-order valence-electron chi connectivity index (χ2n) is 5.44. The molecule has 0 radical (unpaired) electrons. The van der Waals surface area contributed by atoms with Crippen molar-refractivity contribution < 1.29 is 14.3 Å². The predicted molar refractivity (Wildman–Crippen MR) is 91.6 cm³/mol. The molecule has 0 aliphatic heterocycles. The first-order valence-corrected chi connectivity index (χ1v) is 7.81. The summed E-state index contributed by atoms with van der Waals surface area (Å²) >= 11 is 0. The van der Waals surface area contributed by atoms with Gasteiger partial charge < -0.3 is 14.4 Å². The number of carbonyl (C=O) groups is 1. The molecule has 2 amide bonds. The lowest BCUT2D eigenvalue weighted by molar-refractivity contribution is 0.105. The Kier molecular flexibility index (Phi) is 5.38. The molecule has 7 heteroatoms. The first-order valence-electron chi connectivity index (χ1n) is 7.81. The average Bonchev–Trinajstić information content (AvgIpc) is 3.18. The monoisotopic (exact) mass is 338 g/mol. The Hall–Kier alpha value is -3.19. The van der Waals surface area contributed by atoms with Crippen molar-refractivity contribution >= 4 is 11.8 Å². The number of nitrogens with zero attached hydrogens (tertiary/aromatic N) is 3. The molecular weight excluding hydrogens is 320 g/mol.